The smallest absolute Gasteiger partial charge is 0.251 e. The average Bonchev–Trinajstić information content (AvgIpc) is 2.50. The van der Waals surface area contributed by atoms with Crippen LogP contribution in [0.1, 0.15) is 12.8 Å². The van der Waals surface area contributed by atoms with Crippen molar-refractivity contribution in [1.29, 1.82) is 0 Å². The van der Waals surface area contributed by atoms with E-state index in [1.807, 2.05) is 0 Å². The largest absolute Gasteiger partial charge is 0.395 e. The number of carbonyl (C=O) groups is 1. The van der Waals surface area contributed by atoms with Gasteiger partial charge < -0.3 is 10.4 Å². The number of nitrogens with zero attached hydrogens (tertiary/aromatic N) is 1. The normalized spacial score (nSPS) is 21.4. The van der Waals surface area contributed by atoms with Crippen LogP contribution < -0.4 is 5.32 Å². The van der Waals surface area contributed by atoms with E-state index in [2.05, 4.69) is 5.32 Å². The Bertz CT molecular complexity index is 214. The second kappa shape index (κ2) is 5.97. The second-order valence-electron chi connectivity index (χ2n) is 3.68. The third-order valence-corrected chi connectivity index (χ3v) is 2.38. The average molecular weight is 222 g/mol. The van der Waals surface area contributed by atoms with Crippen LogP contribution in [-0.2, 0) is 4.79 Å². The van der Waals surface area contributed by atoms with Crippen molar-refractivity contribution in [3.63, 3.8) is 0 Å². The molecule has 1 fully saturated rings. The number of carbonyl (C=O) groups excluding carboxylic acids is 1. The molecule has 2 N–H and O–H groups in total. The lowest BCUT2D eigenvalue weighted by atomic mass is 10.2. The minimum absolute atomic E-state index is 0.0269. The van der Waals surface area contributed by atoms with Crippen molar-refractivity contribution in [2.24, 2.45) is 0 Å². The predicted octanol–water partition coefficient (Wildman–Crippen LogP) is -0.176. The molecule has 1 amide bonds. The topological polar surface area (TPSA) is 52.6 Å². The molecular formula is C9H16F2N2O2. The highest BCUT2D eigenvalue weighted by Gasteiger charge is 2.23. The third kappa shape index (κ3) is 4.53. The molecular weight excluding hydrogens is 206 g/mol. The number of aliphatic hydroxyl groups is 1. The van der Waals surface area contributed by atoms with E-state index in [0.29, 0.717) is 19.4 Å². The van der Waals surface area contributed by atoms with Gasteiger partial charge in [0, 0.05) is 25.6 Å². The van der Waals surface area contributed by atoms with Gasteiger partial charge in [-0.05, 0) is 6.42 Å². The Morgan fingerprint density at radius 1 is 1.60 bits per heavy atom. The Balaban J connectivity index is 2.33. The summed E-state index contributed by atoms with van der Waals surface area (Å²) in [4.78, 5) is 12.4. The molecule has 0 aromatic carbocycles. The number of rotatable bonds is 6. The van der Waals surface area contributed by atoms with Gasteiger partial charge in [0.05, 0.1) is 13.2 Å². The van der Waals surface area contributed by atoms with E-state index in [1.54, 1.807) is 0 Å². The van der Waals surface area contributed by atoms with E-state index in [0.717, 1.165) is 0 Å². The van der Waals surface area contributed by atoms with Crippen LogP contribution in [0.15, 0.2) is 0 Å². The van der Waals surface area contributed by atoms with E-state index in [9.17, 15) is 13.6 Å². The summed E-state index contributed by atoms with van der Waals surface area (Å²) in [5, 5.41) is 11.4. The van der Waals surface area contributed by atoms with Crippen LogP contribution in [0.3, 0.4) is 0 Å². The lowest BCUT2D eigenvalue weighted by Gasteiger charge is -2.24. The first kappa shape index (κ1) is 12.3. The molecule has 0 aliphatic carbocycles. The van der Waals surface area contributed by atoms with Crippen LogP contribution in [0.4, 0.5) is 8.78 Å². The molecule has 1 rings (SSSR count). The highest BCUT2D eigenvalue weighted by atomic mass is 19.3. The minimum Gasteiger partial charge on any atom is -0.395 e. The van der Waals surface area contributed by atoms with Crippen molar-refractivity contribution in [3.05, 3.63) is 0 Å². The predicted molar refractivity (Wildman–Crippen MR) is 50.7 cm³/mol. The number of nitrogens with one attached hydrogen (secondary N) is 1. The first-order valence-electron chi connectivity index (χ1n) is 5.02. The van der Waals surface area contributed by atoms with Crippen LogP contribution in [-0.4, -0.2) is 54.6 Å². The zero-order chi connectivity index (χ0) is 11.3. The van der Waals surface area contributed by atoms with E-state index < -0.39 is 6.43 Å². The Kier molecular flexibility index (Phi) is 4.90. The van der Waals surface area contributed by atoms with E-state index in [1.165, 1.54) is 4.90 Å². The van der Waals surface area contributed by atoms with Gasteiger partial charge in [-0.2, -0.15) is 0 Å². The standard InChI is InChI=1S/C9H16F2N2O2/c10-8(11)6-13(3-4-14)5-7-1-2-9(15)12-7/h7-8,14H,1-6H2,(H,12,15). The van der Waals surface area contributed by atoms with Crippen molar-refractivity contribution in [3.8, 4) is 0 Å². The maximum atomic E-state index is 12.1. The summed E-state index contributed by atoms with van der Waals surface area (Å²) in [6, 6.07) is -0.0530. The van der Waals surface area contributed by atoms with Gasteiger partial charge in [-0.15, -0.1) is 0 Å². The van der Waals surface area contributed by atoms with Gasteiger partial charge >= 0.3 is 0 Å². The molecule has 0 spiro atoms. The summed E-state index contributed by atoms with van der Waals surface area (Å²) < 4.78 is 24.3. The Labute approximate surface area is 87.2 Å². The molecule has 1 aliphatic heterocycles. The second-order valence-corrected chi connectivity index (χ2v) is 3.68. The SMILES string of the molecule is O=C1CCC(CN(CCO)CC(F)F)N1. The number of alkyl halides is 2. The third-order valence-electron chi connectivity index (χ3n) is 2.38. The Morgan fingerprint density at radius 3 is 2.80 bits per heavy atom. The molecule has 0 aromatic rings. The number of amides is 1. The van der Waals surface area contributed by atoms with Crippen molar-refractivity contribution in [2.75, 3.05) is 26.2 Å². The van der Waals surface area contributed by atoms with Crippen molar-refractivity contribution < 1.29 is 18.7 Å². The highest BCUT2D eigenvalue weighted by molar-refractivity contribution is 5.78. The van der Waals surface area contributed by atoms with Crippen LogP contribution >= 0.6 is 0 Å². The number of aliphatic hydroxyl groups excluding tert-OH is 1. The van der Waals surface area contributed by atoms with Gasteiger partial charge in [-0.1, -0.05) is 0 Å². The molecule has 4 nitrogen and oxygen atoms in total. The van der Waals surface area contributed by atoms with Gasteiger partial charge in [0.25, 0.3) is 6.43 Å². The van der Waals surface area contributed by atoms with Gasteiger partial charge in [-0.25, -0.2) is 8.78 Å². The molecule has 0 bridgehead atoms. The molecule has 1 saturated heterocycles. The number of hydrogen-bond donors (Lipinski definition) is 2. The molecule has 1 heterocycles. The fourth-order valence-corrected chi connectivity index (χ4v) is 1.72. The van der Waals surface area contributed by atoms with Crippen LogP contribution in [0.25, 0.3) is 0 Å². The number of hydrogen-bond acceptors (Lipinski definition) is 3. The summed E-state index contributed by atoms with van der Waals surface area (Å²) >= 11 is 0. The molecule has 0 aromatic heterocycles. The minimum atomic E-state index is -2.41. The van der Waals surface area contributed by atoms with Crippen molar-refractivity contribution in [2.45, 2.75) is 25.3 Å². The van der Waals surface area contributed by atoms with Crippen molar-refractivity contribution >= 4 is 5.91 Å². The molecule has 1 aliphatic rings. The maximum absolute atomic E-state index is 12.1. The lowest BCUT2D eigenvalue weighted by molar-refractivity contribution is -0.119. The summed E-state index contributed by atoms with van der Waals surface area (Å²) in [5.74, 6) is -0.0269. The zero-order valence-electron chi connectivity index (χ0n) is 8.46. The number of halogens is 2. The van der Waals surface area contributed by atoms with Crippen LogP contribution in [0.5, 0.6) is 0 Å². The summed E-state index contributed by atoms with van der Waals surface area (Å²) in [6.07, 6.45) is -1.26. The van der Waals surface area contributed by atoms with Gasteiger partial charge in [0.1, 0.15) is 0 Å². The van der Waals surface area contributed by atoms with Gasteiger partial charge in [0.2, 0.25) is 5.91 Å². The Hall–Kier alpha value is -0.750. The molecule has 1 atom stereocenters. The van der Waals surface area contributed by atoms with E-state index >= 15 is 0 Å². The monoisotopic (exact) mass is 222 g/mol. The zero-order valence-corrected chi connectivity index (χ0v) is 8.46. The van der Waals surface area contributed by atoms with Gasteiger partial charge in [0.15, 0.2) is 0 Å². The van der Waals surface area contributed by atoms with Crippen molar-refractivity contribution in [1.82, 2.24) is 10.2 Å². The molecule has 1 unspecified atom stereocenters. The highest BCUT2D eigenvalue weighted by Crippen LogP contribution is 2.09. The lowest BCUT2D eigenvalue weighted by Crippen LogP contribution is -2.42. The quantitative estimate of drug-likeness (QED) is 0.655. The first-order chi connectivity index (χ1) is 7.11. The summed E-state index contributed by atoms with van der Waals surface area (Å²) in [7, 11) is 0. The summed E-state index contributed by atoms with van der Waals surface area (Å²) in [5.41, 5.74) is 0. The first-order valence-corrected chi connectivity index (χ1v) is 5.02. The fourth-order valence-electron chi connectivity index (χ4n) is 1.72. The summed E-state index contributed by atoms with van der Waals surface area (Å²) in [6.45, 7) is 0.105. The molecule has 15 heavy (non-hydrogen) atoms. The molecule has 88 valence electrons. The molecule has 0 radical (unpaired) electrons. The fraction of sp³-hybridized carbons (Fsp3) is 0.889. The van der Waals surface area contributed by atoms with Gasteiger partial charge in [-0.3, -0.25) is 9.69 Å². The van der Waals surface area contributed by atoms with Crippen LogP contribution in [0, 0.1) is 0 Å². The molecule has 6 heteroatoms. The molecule has 0 saturated carbocycles. The van der Waals surface area contributed by atoms with E-state index in [-0.39, 0.29) is 31.6 Å². The Morgan fingerprint density at radius 2 is 2.33 bits per heavy atom. The van der Waals surface area contributed by atoms with Crippen LogP contribution in [0.2, 0.25) is 0 Å². The van der Waals surface area contributed by atoms with E-state index in [4.69, 9.17) is 5.11 Å². The maximum Gasteiger partial charge on any atom is 0.251 e.